The fourth-order valence-electron chi connectivity index (χ4n) is 2.38. The van der Waals surface area contributed by atoms with Gasteiger partial charge in [-0.25, -0.2) is 0 Å². The van der Waals surface area contributed by atoms with E-state index in [4.69, 9.17) is 0 Å². The van der Waals surface area contributed by atoms with Crippen LogP contribution in [-0.2, 0) is 4.79 Å². The maximum atomic E-state index is 11.7. The summed E-state index contributed by atoms with van der Waals surface area (Å²) in [4.78, 5) is 16.0. The summed E-state index contributed by atoms with van der Waals surface area (Å²) in [5.41, 5.74) is 0. The van der Waals surface area contributed by atoms with Crippen molar-refractivity contribution >= 4 is 5.91 Å². The van der Waals surface area contributed by atoms with E-state index in [9.17, 15) is 4.79 Å². The van der Waals surface area contributed by atoms with Gasteiger partial charge in [-0.1, -0.05) is 0 Å². The molecule has 1 aliphatic rings. The van der Waals surface area contributed by atoms with Gasteiger partial charge in [-0.15, -0.1) is 0 Å². The van der Waals surface area contributed by atoms with Gasteiger partial charge in [-0.2, -0.15) is 0 Å². The Kier molecular flexibility index (Phi) is 6.65. The Morgan fingerprint density at radius 2 is 2.11 bits per heavy atom. The number of carbonyl (C=O) groups is 1. The van der Waals surface area contributed by atoms with Crippen LogP contribution in [0.15, 0.2) is 0 Å². The lowest BCUT2D eigenvalue weighted by atomic mass is 10.1. The summed E-state index contributed by atoms with van der Waals surface area (Å²) in [7, 11) is 1.86. The second-order valence-corrected chi connectivity index (χ2v) is 5.55. The first-order valence-corrected chi connectivity index (χ1v) is 7.26. The zero-order valence-corrected chi connectivity index (χ0v) is 12.4. The molecule has 1 heterocycles. The lowest BCUT2D eigenvalue weighted by Crippen LogP contribution is -2.40. The van der Waals surface area contributed by atoms with Gasteiger partial charge in [0.1, 0.15) is 0 Å². The number of likely N-dealkylation sites (N-methyl/N-ethyl adjacent to an activating group) is 1. The van der Waals surface area contributed by atoms with Gasteiger partial charge in [-0.3, -0.25) is 4.79 Å². The molecule has 1 unspecified atom stereocenters. The van der Waals surface area contributed by atoms with E-state index in [0.29, 0.717) is 18.6 Å². The first kappa shape index (κ1) is 15.4. The molecule has 1 N–H and O–H groups in total. The Bertz CT molecular complexity index is 255. The molecular weight excluding hydrogens is 226 g/mol. The van der Waals surface area contributed by atoms with E-state index in [1.54, 1.807) is 4.90 Å². The molecule has 1 atom stereocenters. The Hall–Kier alpha value is -0.610. The van der Waals surface area contributed by atoms with Crippen molar-refractivity contribution in [1.29, 1.82) is 0 Å². The van der Waals surface area contributed by atoms with Gasteiger partial charge in [0.15, 0.2) is 0 Å². The highest BCUT2D eigenvalue weighted by Gasteiger charge is 2.19. The molecule has 0 aromatic heterocycles. The topological polar surface area (TPSA) is 35.6 Å². The molecule has 1 aliphatic heterocycles. The van der Waals surface area contributed by atoms with Gasteiger partial charge in [0.05, 0.1) is 6.54 Å². The molecule has 0 aliphatic carbocycles. The van der Waals surface area contributed by atoms with Crippen LogP contribution in [0.4, 0.5) is 0 Å². The number of rotatable bonds is 5. The smallest absolute Gasteiger partial charge is 0.236 e. The first-order valence-electron chi connectivity index (χ1n) is 7.26. The van der Waals surface area contributed by atoms with Crippen LogP contribution in [0.5, 0.6) is 0 Å². The maximum absolute atomic E-state index is 11.7. The summed E-state index contributed by atoms with van der Waals surface area (Å²) < 4.78 is 0. The fraction of sp³-hybridized carbons (Fsp3) is 0.929. The zero-order chi connectivity index (χ0) is 13.5. The zero-order valence-electron chi connectivity index (χ0n) is 12.4. The number of hydrogen-bond acceptors (Lipinski definition) is 3. The summed E-state index contributed by atoms with van der Waals surface area (Å²) in [6.07, 6.45) is 3.57. The molecule has 18 heavy (non-hydrogen) atoms. The van der Waals surface area contributed by atoms with Gasteiger partial charge in [-0.05, 0) is 53.1 Å². The summed E-state index contributed by atoms with van der Waals surface area (Å²) in [6.45, 7) is 10.1. The summed E-state index contributed by atoms with van der Waals surface area (Å²) in [5, 5.41) is 3.42. The van der Waals surface area contributed by atoms with Crippen LogP contribution < -0.4 is 5.32 Å². The highest BCUT2D eigenvalue weighted by atomic mass is 16.2. The Morgan fingerprint density at radius 1 is 1.39 bits per heavy atom. The number of nitrogens with zero attached hydrogens (tertiary/aromatic N) is 2. The molecule has 1 fully saturated rings. The molecule has 0 aromatic rings. The van der Waals surface area contributed by atoms with E-state index < -0.39 is 0 Å². The van der Waals surface area contributed by atoms with Crippen molar-refractivity contribution in [3.63, 3.8) is 0 Å². The largest absolute Gasteiger partial charge is 0.345 e. The third-order valence-corrected chi connectivity index (χ3v) is 3.94. The van der Waals surface area contributed by atoms with Crippen molar-refractivity contribution in [2.45, 2.75) is 52.1 Å². The standard InChI is InChI=1S/C14H29N3O/c1-5-16(4)14(18)11-15-13-7-6-9-17(10-8-13)12(2)3/h12-13,15H,5-11H2,1-4H3. The third kappa shape index (κ3) is 4.94. The SMILES string of the molecule is CCN(C)C(=O)CNC1CCCN(C(C)C)CC1. The predicted molar refractivity (Wildman–Crippen MR) is 75.7 cm³/mol. The highest BCUT2D eigenvalue weighted by molar-refractivity contribution is 5.77. The predicted octanol–water partition coefficient (Wildman–Crippen LogP) is 1.32. The van der Waals surface area contributed by atoms with Crippen molar-refractivity contribution in [2.24, 2.45) is 0 Å². The van der Waals surface area contributed by atoms with E-state index >= 15 is 0 Å². The van der Waals surface area contributed by atoms with Crippen molar-refractivity contribution in [2.75, 3.05) is 33.2 Å². The quantitative estimate of drug-likeness (QED) is 0.805. The number of nitrogens with one attached hydrogen (secondary N) is 1. The van der Waals surface area contributed by atoms with Crippen LogP contribution in [0.2, 0.25) is 0 Å². The van der Waals surface area contributed by atoms with Crippen LogP contribution in [0, 0.1) is 0 Å². The highest BCUT2D eigenvalue weighted by Crippen LogP contribution is 2.13. The Labute approximate surface area is 112 Å². The van der Waals surface area contributed by atoms with Crippen LogP contribution >= 0.6 is 0 Å². The molecule has 1 rings (SSSR count). The van der Waals surface area contributed by atoms with E-state index in [2.05, 4.69) is 24.1 Å². The van der Waals surface area contributed by atoms with Crippen molar-refractivity contribution in [3.05, 3.63) is 0 Å². The van der Waals surface area contributed by atoms with Crippen LogP contribution in [0.25, 0.3) is 0 Å². The summed E-state index contributed by atoms with van der Waals surface area (Å²) in [6, 6.07) is 1.14. The molecule has 106 valence electrons. The number of hydrogen-bond donors (Lipinski definition) is 1. The van der Waals surface area contributed by atoms with E-state index in [0.717, 1.165) is 19.5 Å². The van der Waals surface area contributed by atoms with Crippen molar-refractivity contribution in [3.8, 4) is 0 Å². The van der Waals surface area contributed by atoms with Gasteiger partial charge in [0.2, 0.25) is 5.91 Å². The minimum atomic E-state index is 0.197. The van der Waals surface area contributed by atoms with E-state index in [1.165, 1.54) is 19.4 Å². The normalized spacial score (nSPS) is 21.9. The second kappa shape index (κ2) is 7.74. The molecule has 0 saturated carbocycles. The van der Waals surface area contributed by atoms with Crippen LogP contribution in [-0.4, -0.2) is 61.0 Å². The van der Waals surface area contributed by atoms with Crippen LogP contribution in [0.3, 0.4) is 0 Å². The molecule has 0 bridgehead atoms. The average molecular weight is 255 g/mol. The van der Waals surface area contributed by atoms with E-state index in [-0.39, 0.29) is 5.91 Å². The number of likely N-dealkylation sites (tertiary alicyclic amines) is 1. The number of amides is 1. The molecule has 1 amide bonds. The molecule has 4 nitrogen and oxygen atoms in total. The molecule has 0 radical (unpaired) electrons. The molecule has 0 spiro atoms. The molecule has 1 saturated heterocycles. The van der Waals surface area contributed by atoms with Gasteiger partial charge < -0.3 is 15.1 Å². The number of carbonyl (C=O) groups excluding carboxylic acids is 1. The van der Waals surface area contributed by atoms with Crippen molar-refractivity contribution < 1.29 is 4.79 Å². The molecule has 4 heteroatoms. The third-order valence-electron chi connectivity index (χ3n) is 3.94. The summed E-state index contributed by atoms with van der Waals surface area (Å²) in [5.74, 6) is 0.197. The monoisotopic (exact) mass is 255 g/mol. The van der Waals surface area contributed by atoms with Gasteiger partial charge in [0.25, 0.3) is 0 Å². The first-order chi connectivity index (χ1) is 8.54. The van der Waals surface area contributed by atoms with Gasteiger partial charge >= 0.3 is 0 Å². The lowest BCUT2D eigenvalue weighted by molar-refractivity contribution is -0.128. The molecular formula is C14H29N3O. The Morgan fingerprint density at radius 3 is 2.72 bits per heavy atom. The van der Waals surface area contributed by atoms with Crippen LogP contribution in [0.1, 0.15) is 40.0 Å². The average Bonchev–Trinajstić information content (AvgIpc) is 2.60. The minimum absolute atomic E-state index is 0.197. The second-order valence-electron chi connectivity index (χ2n) is 5.55. The lowest BCUT2D eigenvalue weighted by Gasteiger charge is -2.24. The Balaban J connectivity index is 2.29. The minimum Gasteiger partial charge on any atom is -0.345 e. The molecule has 0 aromatic carbocycles. The fourth-order valence-corrected chi connectivity index (χ4v) is 2.38. The van der Waals surface area contributed by atoms with Gasteiger partial charge in [0, 0.05) is 25.7 Å². The van der Waals surface area contributed by atoms with Crippen molar-refractivity contribution in [1.82, 2.24) is 15.1 Å². The summed E-state index contributed by atoms with van der Waals surface area (Å²) >= 11 is 0. The maximum Gasteiger partial charge on any atom is 0.236 e. The van der Waals surface area contributed by atoms with E-state index in [1.807, 2.05) is 14.0 Å².